The molecule has 0 unspecified atom stereocenters. The molecule has 0 aliphatic heterocycles. The number of aryl methyl sites for hydroxylation is 1. The number of carbonyl (C=O) groups is 2. The number of hydrogen-bond donors (Lipinski definition) is 2. The third-order valence-corrected chi connectivity index (χ3v) is 3.32. The number of thioether (sulfide) groups is 1. The van der Waals surface area contributed by atoms with E-state index in [1.165, 1.54) is 6.92 Å². The maximum atomic E-state index is 12.4. The van der Waals surface area contributed by atoms with Crippen LogP contribution in [0.3, 0.4) is 0 Å². The number of carbonyl (C=O) groups excluding carboxylic acids is 1. The van der Waals surface area contributed by atoms with Crippen LogP contribution in [0.2, 0.25) is 0 Å². The minimum Gasteiger partial charge on any atom is -0.481 e. The highest BCUT2D eigenvalue weighted by Crippen LogP contribution is 2.28. The Labute approximate surface area is 122 Å². The van der Waals surface area contributed by atoms with Gasteiger partial charge in [-0.15, -0.1) is 11.8 Å². The molecule has 1 rings (SSSR count). The molecule has 0 spiro atoms. The smallest absolute Gasteiger partial charge is 0.433 e. The molecule has 0 radical (unpaired) electrons. The summed E-state index contributed by atoms with van der Waals surface area (Å²) in [5, 5.41) is 10.9. The first-order valence-corrected chi connectivity index (χ1v) is 7.00. The van der Waals surface area contributed by atoms with Crippen molar-refractivity contribution in [2.24, 2.45) is 0 Å². The number of pyridine rings is 1. The summed E-state index contributed by atoms with van der Waals surface area (Å²) in [6.45, 7) is 1.54. The average Bonchev–Trinajstić information content (AvgIpc) is 2.36. The molecular formula is C12H13F3N2O3S. The Morgan fingerprint density at radius 1 is 1.38 bits per heavy atom. The van der Waals surface area contributed by atoms with Crippen LogP contribution in [-0.2, 0) is 11.0 Å². The molecule has 0 saturated carbocycles. The van der Waals surface area contributed by atoms with Crippen LogP contribution in [0.1, 0.15) is 21.7 Å². The number of rotatable bonds is 6. The lowest BCUT2D eigenvalue weighted by atomic mass is 10.1. The summed E-state index contributed by atoms with van der Waals surface area (Å²) in [6, 6.07) is 1.83. The van der Waals surface area contributed by atoms with Gasteiger partial charge in [-0.1, -0.05) is 0 Å². The summed E-state index contributed by atoms with van der Waals surface area (Å²) in [7, 11) is 0. The fourth-order valence-corrected chi connectivity index (χ4v) is 2.02. The van der Waals surface area contributed by atoms with E-state index >= 15 is 0 Å². The van der Waals surface area contributed by atoms with Crippen LogP contribution in [0.4, 0.5) is 13.2 Å². The number of aromatic nitrogens is 1. The van der Waals surface area contributed by atoms with Gasteiger partial charge in [0.05, 0.1) is 17.0 Å². The van der Waals surface area contributed by atoms with E-state index in [0.717, 1.165) is 23.9 Å². The lowest BCUT2D eigenvalue weighted by molar-refractivity contribution is -0.141. The number of carboxylic acids is 1. The van der Waals surface area contributed by atoms with Crippen molar-refractivity contribution in [3.8, 4) is 0 Å². The third-order valence-electron chi connectivity index (χ3n) is 2.38. The van der Waals surface area contributed by atoms with Crippen LogP contribution in [0.15, 0.2) is 12.1 Å². The Morgan fingerprint density at radius 2 is 2.05 bits per heavy atom. The van der Waals surface area contributed by atoms with Gasteiger partial charge < -0.3 is 10.4 Å². The van der Waals surface area contributed by atoms with Gasteiger partial charge in [0, 0.05) is 12.3 Å². The predicted octanol–water partition coefficient (Wildman–Crippen LogP) is 1.96. The highest BCUT2D eigenvalue weighted by Gasteiger charge is 2.33. The molecular weight excluding hydrogens is 309 g/mol. The lowest BCUT2D eigenvalue weighted by Gasteiger charge is -2.10. The highest BCUT2D eigenvalue weighted by molar-refractivity contribution is 7.99. The lowest BCUT2D eigenvalue weighted by Crippen LogP contribution is -2.27. The number of carboxylic acid groups (broad SMARTS) is 1. The summed E-state index contributed by atoms with van der Waals surface area (Å²) in [5.41, 5.74) is -1.000. The predicted molar refractivity (Wildman–Crippen MR) is 71.3 cm³/mol. The Hall–Kier alpha value is -1.77. The highest BCUT2D eigenvalue weighted by atomic mass is 32.2. The molecule has 1 aromatic heterocycles. The molecule has 116 valence electrons. The molecule has 9 heteroatoms. The molecule has 1 aromatic rings. The Bertz CT molecular complexity index is 535. The number of aliphatic carboxylic acids is 1. The topological polar surface area (TPSA) is 79.3 Å². The quantitative estimate of drug-likeness (QED) is 0.783. The molecule has 2 N–H and O–H groups in total. The van der Waals surface area contributed by atoms with Crippen LogP contribution in [-0.4, -0.2) is 40.0 Å². The molecule has 1 heterocycles. The first-order chi connectivity index (χ1) is 9.71. The van der Waals surface area contributed by atoms with Crippen molar-refractivity contribution in [1.82, 2.24) is 10.3 Å². The number of amides is 1. The fraction of sp³-hybridized carbons (Fsp3) is 0.417. The van der Waals surface area contributed by atoms with Crippen molar-refractivity contribution in [3.63, 3.8) is 0 Å². The largest absolute Gasteiger partial charge is 0.481 e. The van der Waals surface area contributed by atoms with Crippen LogP contribution in [0.25, 0.3) is 0 Å². The molecule has 0 aliphatic rings. The van der Waals surface area contributed by atoms with Gasteiger partial charge >= 0.3 is 12.1 Å². The fourth-order valence-electron chi connectivity index (χ4n) is 1.45. The summed E-state index contributed by atoms with van der Waals surface area (Å²) in [5.74, 6) is -1.17. The Balaban J connectivity index is 2.57. The van der Waals surface area contributed by atoms with Gasteiger partial charge in [-0.3, -0.25) is 9.59 Å². The maximum absolute atomic E-state index is 12.4. The van der Waals surface area contributed by atoms with Crippen molar-refractivity contribution < 1.29 is 27.9 Å². The molecule has 0 bridgehead atoms. The molecule has 0 fully saturated rings. The van der Waals surface area contributed by atoms with Crippen molar-refractivity contribution >= 4 is 23.6 Å². The molecule has 0 saturated heterocycles. The first kappa shape index (κ1) is 17.3. The number of hydrogen-bond acceptors (Lipinski definition) is 4. The third kappa shape index (κ3) is 5.62. The van der Waals surface area contributed by atoms with Gasteiger partial charge in [0.1, 0.15) is 5.69 Å². The van der Waals surface area contributed by atoms with Gasteiger partial charge in [-0.2, -0.15) is 13.2 Å². The SMILES string of the molecule is Cc1nc(C(F)(F)F)ccc1C(=O)NCCSCC(=O)O. The second-order valence-electron chi connectivity index (χ2n) is 4.03. The van der Waals surface area contributed by atoms with Crippen LogP contribution >= 0.6 is 11.8 Å². The van der Waals surface area contributed by atoms with E-state index in [-0.39, 0.29) is 23.6 Å². The second-order valence-corrected chi connectivity index (χ2v) is 5.13. The van der Waals surface area contributed by atoms with Gasteiger partial charge in [0.25, 0.3) is 5.91 Å². The molecule has 0 atom stereocenters. The van der Waals surface area contributed by atoms with E-state index in [1.807, 2.05) is 0 Å². The van der Waals surface area contributed by atoms with E-state index in [4.69, 9.17) is 5.11 Å². The van der Waals surface area contributed by atoms with E-state index in [2.05, 4.69) is 10.3 Å². The normalized spacial score (nSPS) is 11.2. The Kier molecular flexibility index (Phi) is 6.01. The summed E-state index contributed by atoms with van der Waals surface area (Å²) >= 11 is 1.13. The average molecular weight is 322 g/mol. The van der Waals surface area contributed by atoms with E-state index in [1.54, 1.807) is 0 Å². The van der Waals surface area contributed by atoms with Crippen molar-refractivity contribution in [2.75, 3.05) is 18.1 Å². The summed E-state index contributed by atoms with van der Waals surface area (Å²) < 4.78 is 37.3. The number of halogens is 3. The molecule has 0 aliphatic carbocycles. The van der Waals surface area contributed by atoms with E-state index < -0.39 is 23.7 Å². The van der Waals surface area contributed by atoms with Crippen LogP contribution in [0.5, 0.6) is 0 Å². The van der Waals surface area contributed by atoms with Crippen LogP contribution in [0, 0.1) is 6.92 Å². The van der Waals surface area contributed by atoms with Crippen molar-refractivity contribution in [2.45, 2.75) is 13.1 Å². The minimum atomic E-state index is -4.55. The monoisotopic (exact) mass is 322 g/mol. The zero-order valence-corrected chi connectivity index (χ0v) is 11.8. The molecule has 5 nitrogen and oxygen atoms in total. The zero-order valence-electron chi connectivity index (χ0n) is 11.0. The number of nitrogens with one attached hydrogen (secondary N) is 1. The van der Waals surface area contributed by atoms with Gasteiger partial charge in [-0.25, -0.2) is 4.98 Å². The molecule has 0 aromatic carbocycles. The van der Waals surface area contributed by atoms with Crippen molar-refractivity contribution in [1.29, 1.82) is 0 Å². The maximum Gasteiger partial charge on any atom is 0.433 e. The standard InChI is InChI=1S/C12H13F3N2O3S/c1-7-8(2-3-9(17-7)12(13,14)15)11(20)16-4-5-21-6-10(18)19/h2-3H,4-6H2,1H3,(H,16,20)(H,18,19). The van der Waals surface area contributed by atoms with Crippen LogP contribution < -0.4 is 5.32 Å². The molecule has 21 heavy (non-hydrogen) atoms. The van der Waals surface area contributed by atoms with Gasteiger partial charge in [0.2, 0.25) is 0 Å². The zero-order chi connectivity index (χ0) is 16.0. The summed E-state index contributed by atoms with van der Waals surface area (Å²) in [4.78, 5) is 25.4. The summed E-state index contributed by atoms with van der Waals surface area (Å²) in [6.07, 6.45) is -4.55. The van der Waals surface area contributed by atoms with Crippen molar-refractivity contribution in [3.05, 3.63) is 29.1 Å². The number of nitrogens with zero attached hydrogens (tertiary/aromatic N) is 1. The van der Waals surface area contributed by atoms with Gasteiger partial charge in [-0.05, 0) is 19.1 Å². The molecule has 1 amide bonds. The second kappa shape index (κ2) is 7.30. The first-order valence-electron chi connectivity index (χ1n) is 5.84. The van der Waals surface area contributed by atoms with E-state index in [0.29, 0.717) is 5.75 Å². The Morgan fingerprint density at radius 3 is 2.57 bits per heavy atom. The minimum absolute atomic E-state index is 0.0134. The van der Waals surface area contributed by atoms with E-state index in [9.17, 15) is 22.8 Å². The van der Waals surface area contributed by atoms with Gasteiger partial charge in [0.15, 0.2) is 0 Å². The number of alkyl halides is 3.